The summed E-state index contributed by atoms with van der Waals surface area (Å²) in [5.74, 6) is 0.872. The monoisotopic (exact) mass is 194 g/mol. The largest absolute Gasteiger partial charge is 0.488 e. The van der Waals surface area contributed by atoms with Crippen molar-refractivity contribution in [3.63, 3.8) is 0 Å². The van der Waals surface area contributed by atoms with E-state index in [0.717, 1.165) is 17.7 Å². The van der Waals surface area contributed by atoms with Gasteiger partial charge in [0.1, 0.15) is 11.9 Å². The van der Waals surface area contributed by atoms with Crippen LogP contribution in [0.2, 0.25) is 0 Å². The molecular formula is C12H18O2. The Morgan fingerprint density at radius 2 is 2.07 bits per heavy atom. The Morgan fingerprint density at radius 3 is 2.57 bits per heavy atom. The molecule has 1 aromatic rings. The molecule has 1 N–H and O–H groups in total. The maximum absolute atomic E-state index is 9.01. The van der Waals surface area contributed by atoms with Gasteiger partial charge in [0.2, 0.25) is 0 Å². The van der Waals surface area contributed by atoms with E-state index in [4.69, 9.17) is 9.84 Å². The van der Waals surface area contributed by atoms with E-state index in [1.807, 2.05) is 26.0 Å². The molecule has 1 rings (SSSR count). The summed E-state index contributed by atoms with van der Waals surface area (Å²) in [6.45, 7) is 6.15. The highest BCUT2D eigenvalue weighted by Gasteiger charge is 2.07. The third kappa shape index (κ3) is 2.74. The molecule has 1 unspecified atom stereocenters. The Balaban J connectivity index is 2.76. The van der Waals surface area contributed by atoms with Gasteiger partial charge in [-0.15, -0.1) is 0 Å². The van der Waals surface area contributed by atoms with Crippen molar-refractivity contribution in [1.29, 1.82) is 0 Å². The Bertz CT molecular complexity index is 290. The molecule has 0 saturated heterocycles. The van der Waals surface area contributed by atoms with Crippen molar-refractivity contribution in [3.8, 4) is 5.75 Å². The molecule has 0 bridgehead atoms. The molecule has 0 aliphatic rings. The minimum absolute atomic E-state index is 0.0732. The zero-order valence-corrected chi connectivity index (χ0v) is 9.08. The molecule has 1 atom stereocenters. The fraction of sp³-hybridized carbons (Fsp3) is 0.500. The van der Waals surface area contributed by atoms with Crippen molar-refractivity contribution < 1.29 is 9.84 Å². The maximum atomic E-state index is 9.01. The van der Waals surface area contributed by atoms with Crippen LogP contribution in [0.1, 0.15) is 24.5 Å². The van der Waals surface area contributed by atoms with Gasteiger partial charge in [0, 0.05) is 0 Å². The first-order valence-electron chi connectivity index (χ1n) is 5.02. The minimum atomic E-state index is -0.0867. The van der Waals surface area contributed by atoms with E-state index in [0.29, 0.717) is 0 Å². The molecular weight excluding hydrogens is 176 g/mol. The first-order chi connectivity index (χ1) is 6.67. The quantitative estimate of drug-likeness (QED) is 0.797. The highest BCUT2D eigenvalue weighted by molar-refractivity contribution is 5.35. The van der Waals surface area contributed by atoms with Crippen LogP contribution >= 0.6 is 0 Å². The second kappa shape index (κ2) is 5.01. The molecule has 14 heavy (non-hydrogen) atoms. The highest BCUT2D eigenvalue weighted by Crippen LogP contribution is 2.20. The standard InChI is InChI=1S/C12H18O2/c1-4-11(8-13)14-12-6-5-9(2)7-10(12)3/h5-7,11,13H,4,8H2,1-3H3. The van der Waals surface area contributed by atoms with E-state index in [-0.39, 0.29) is 12.7 Å². The minimum Gasteiger partial charge on any atom is -0.488 e. The molecule has 0 amide bonds. The van der Waals surface area contributed by atoms with Gasteiger partial charge >= 0.3 is 0 Å². The van der Waals surface area contributed by atoms with Crippen LogP contribution in [0.3, 0.4) is 0 Å². The number of ether oxygens (including phenoxy) is 1. The lowest BCUT2D eigenvalue weighted by molar-refractivity contribution is 0.112. The molecule has 0 radical (unpaired) electrons. The summed E-state index contributed by atoms with van der Waals surface area (Å²) in [6.07, 6.45) is 0.737. The van der Waals surface area contributed by atoms with Crippen LogP contribution in [0, 0.1) is 13.8 Å². The van der Waals surface area contributed by atoms with Gasteiger partial charge in [0.05, 0.1) is 6.61 Å². The summed E-state index contributed by atoms with van der Waals surface area (Å²) in [4.78, 5) is 0. The van der Waals surface area contributed by atoms with Crippen molar-refractivity contribution in [2.75, 3.05) is 6.61 Å². The van der Waals surface area contributed by atoms with Gasteiger partial charge in [-0.25, -0.2) is 0 Å². The lowest BCUT2D eigenvalue weighted by Gasteiger charge is -2.16. The molecule has 2 nitrogen and oxygen atoms in total. The smallest absolute Gasteiger partial charge is 0.122 e. The predicted molar refractivity (Wildman–Crippen MR) is 57.7 cm³/mol. The number of aryl methyl sites for hydroxylation is 2. The van der Waals surface area contributed by atoms with Crippen molar-refractivity contribution in [2.24, 2.45) is 0 Å². The van der Waals surface area contributed by atoms with Crippen LogP contribution in [-0.2, 0) is 0 Å². The number of rotatable bonds is 4. The van der Waals surface area contributed by atoms with Gasteiger partial charge in [-0.3, -0.25) is 0 Å². The Morgan fingerprint density at radius 1 is 1.36 bits per heavy atom. The Kier molecular flexibility index (Phi) is 3.96. The second-order valence-electron chi connectivity index (χ2n) is 3.60. The van der Waals surface area contributed by atoms with E-state index in [2.05, 4.69) is 13.0 Å². The number of hydrogen-bond donors (Lipinski definition) is 1. The van der Waals surface area contributed by atoms with Gasteiger partial charge in [-0.05, 0) is 31.9 Å². The van der Waals surface area contributed by atoms with Crippen LogP contribution in [0.15, 0.2) is 18.2 Å². The topological polar surface area (TPSA) is 29.5 Å². The van der Waals surface area contributed by atoms with Crippen LogP contribution in [-0.4, -0.2) is 17.8 Å². The lowest BCUT2D eigenvalue weighted by atomic mass is 10.1. The van der Waals surface area contributed by atoms with E-state index < -0.39 is 0 Å². The summed E-state index contributed by atoms with van der Waals surface area (Å²) in [6, 6.07) is 6.06. The first-order valence-corrected chi connectivity index (χ1v) is 5.02. The predicted octanol–water partition coefficient (Wildman–Crippen LogP) is 2.45. The molecule has 0 aliphatic carbocycles. The van der Waals surface area contributed by atoms with E-state index in [1.54, 1.807) is 0 Å². The van der Waals surface area contributed by atoms with E-state index >= 15 is 0 Å². The third-order valence-electron chi connectivity index (χ3n) is 2.28. The summed E-state index contributed by atoms with van der Waals surface area (Å²) >= 11 is 0. The van der Waals surface area contributed by atoms with Crippen LogP contribution in [0.25, 0.3) is 0 Å². The Hall–Kier alpha value is -1.02. The number of aliphatic hydroxyl groups excluding tert-OH is 1. The number of hydrogen-bond acceptors (Lipinski definition) is 2. The molecule has 0 aromatic heterocycles. The maximum Gasteiger partial charge on any atom is 0.122 e. The molecule has 0 saturated carbocycles. The van der Waals surface area contributed by atoms with Gasteiger partial charge < -0.3 is 9.84 Å². The SMILES string of the molecule is CCC(CO)Oc1ccc(C)cc1C. The average molecular weight is 194 g/mol. The van der Waals surface area contributed by atoms with Crippen molar-refractivity contribution in [1.82, 2.24) is 0 Å². The third-order valence-corrected chi connectivity index (χ3v) is 2.28. The summed E-state index contributed by atoms with van der Waals surface area (Å²) in [5.41, 5.74) is 2.35. The zero-order chi connectivity index (χ0) is 10.6. The summed E-state index contributed by atoms with van der Waals surface area (Å²) in [7, 11) is 0. The molecule has 0 fully saturated rings. The molecule has 0 aliphatic heterocycles. The van der Waals surface area contributed by atoms with Crippen molar-refractivity contribution >= 4 is 0 Å². The number of benzene rings is 1. The number of aliphatic hydroxyl groups is 1. The molecule has 78 valence electrons. The fourth-order valence-electron chi connectivity index (χ4n) is 1.36. The normalized spacial score (nSPS) is 12.6. The lowest BCUT2D eigenvalue weighted by Crippen LogP contribution is -2.20. The van der Waals surface area contributed by atoms with Gasteiger partial charge in [-0.1, -0.05) is 24.6 Å². The van der Waals surface area contributed by atoms with Crippen LogP contribution in [0.5, 0.6) is 5.75 Å². The van der Waals surface area contributed by atoms with E-state index in [1.165, 1.54) is 5.56 Å². The Labute approximate surface area is 85.5 Å². The van der Waals surface area contributed by atoms with Gasteiger partial charge in [0.15, 0.2) is 0 Å². The zero-order valence-electron chi connectivity index (χ0n) is 9.08. The van der Waals surface area contributed by atoms with Crippen molar-refractivity contribution in [3.05, 3.63) is 29.3 Å². The molecule has 0 heterocycles. The molecule has 1 aromatic carbocycles. The highest BCUT2D eigenvalue weighted by atomic mass is 16.5. The van der Waals surface area contributed by atoms with E-state index in [9.17, 15) is 0 Å². The molecule has 2 heteroatoms. The van der Waals surface area contributed by atoms with Gasteiger partial charge in [0.25, 0.3) is 0 Å². The van der Waals surface area contributed by atoms with Crippen LogP contribution < -0.4 is 4.74 Å². The fourth-order valence-corrected chi connectivity index (χ4v) is 1.36. The molecule has 0 spiro atoms. The first kappa shape index (κ1) is 11.1. The van der Waals surface area contributed by atoms with Crippen LogP contribution in [0.4, 0.5) is 0 Å². The average Bonchev–Trinajstić information content (AvgIpc) is 2.17. The second-order valence-corrected chi connectivity index (χ2v) is 3.60. The van der Waals surface area contributed by atoms with Gasteiger partial charge in [-0.2, -0.15) is 0 Å². The summed E-state index contributed by atoms with van der Waals surface area (Å²) in [5, 5.41) is 9.01. The summed E-state index contributed by atoms with van der Waals surface area (Å²) < 4.78 is 5.65. The van der Waals surface area contributed by atoms with Crippen molar-refractivity contribution in [2.45, 2.75) is 33.3 Å².